The molecule has 0 saturated carbocycles. The number of nitrogens with two attached hydrogens (primary N) is 1. The molecule has 0 radical (unpaired) electrons. The van der Waals surface area contributed by atoms with Gasteiger partial charge in [-0.05, 0) is 23.9 Å². The van der Waals surface area contributed by atoms with Gasteiger partial charge in [0.05, 0.1) is 4.88 Å². The molecular formula is C8H8N2OS. The molecule has 0 aliphatic carbocycles. The van der Waals surface area contributed by atoms with Crippen molar-refractivity contribution in [2.24, 2.45) is 5.73 Å². The van der Waals surface area contributed by atoms with Crippen LogP contribution in [0.1, 0.15) is 20.1 Å². The van der Waals surface area contributed by atoms with Gasteiger partial charge in [0.15, 0.2) is 0 Å². The van der Waals surface area contributed by atoms with Crippen LogP contribution in [0.2, 0.25) is 0 Å². The second kappa shape index (κ2) is 2.64. The lowest BCUT2D eigenvalue weighted by Crippen LogP contribution is -2.09. The van der Waals surface area contributed by atoms with Crippen molar-refractivity contribution < 1.29 is 4.79 Å². The lowest BCUT2D eigenvalue weighted by Gasteiger charge is -2.04. The van der Waals surface area contributed by atoms with E-state index in [1.54, 1.807) is 0 Å². The number of hydrogen-bond donors (Lipinski definition) is 2. The van der Waals surface area contributed by atoms with E-state index in [2.05, 4.69) is 5.32 Å². The van der Waals surface area contributed by atoms with E-state index in [9.17, 15) is 4.79 Å². The van der Waals surface area contributed by atoms with Gasteiger partial charge in [-0.25, -0.2) is 0 Å². The highest BCUT2D eigenvalue weighted by atomic mass is 32.1. The van der Waals surface area contributed by atoms with Crippen LogP contribution in [0.5, 0.6) is 0 Å². The number of fused-ring (bicyclic) bond motifs is 1. The molecule has 2 rings (SSSR count). The quantitative estimate of drug-likeness (QED) is 0.675. The van der Waals surface area contributed by atoms with Gasteiger partial charge in [-0.2, -0.15) is 0 Å². The first-order valence-electron chi connectivity index (χ1n) is 3.60. The molecule has 2 heterocycles. The van der Waals surface area contributed by atoms with E-state index < -0.39 is 0 Å². The molecule has 62 valence electrons. The third-order valence-electron chi connectivity index (χ3n) is 1.73. The van der Waals surface area contributed by atoms with Crippen LogP contribution in [0.3, 0.4) is 0 Å². The third-order valence-corrected chi connectivity index (χ3v) is 2.89. The van der Waals surface area contributed by atoms with Crippen molar-refractivity contribution in [3.05, 3.63) is 27.6 Å². The molecule has 0 unspecified atom stereocenters. The predicted octanol–water partition coefficient (Wildman–Crippen LogP) is 0.921. The highest BCUT2D eigenvalue weighted by Crippen LogP contribution is 2.25. The van der Waals surface area contributed by atoms with Gasteiger partial charge in [0.1, 0.15) is 0 Å². The van der Waals surface area contributed by atoms with Crippen LogP contribution in [0, 0.1) is 0 Å². The molecule has 0 fully saturated rings. The molecule has 1 amide bonds. The smallest absolute Gasteiger partial charge is 0.258 e. The predicted molar refractivity (Wildman–Crippen MR) is 48.7 cm³/mol. The molecule has 1 aromatic heterocycles. The van der Waals surface area contributed by atoms with Crippen LogP contribution >= 0.6 is 11.3 Å². The fourth-order valence-corrected chi connectivity index (χ4v) is 2.08. The Labute approximate surface area is 73.9 Å². The molecule has 0 saturated heterocycles. The molecule has 0 atom stereocenters. The average molecular weight is 180 g/mol. The van der Waals surface area contributed by atoms with Crippen molar-refractivity contribution in [3.63, 3.8) is 0 Å². The summed E-state index contributed by atoms with van der Waals surface area (Å²) in [5, 5.41) is 3.07. The zero-order valence-electron chi connectivity index (χ0n) is 6.33. The van der Waals surface area contributed by atoms with Gasteiger partial charge in [0.2, 0.25) is 0 Å². The molecule has 3 N–H and O–H groups in total. The van der Waals surface area contributed by atoms with Crippen molar-refractivity contribution in [1.29, 1.82) is 0 Å². The number of carbonyl (C=O) groups is 1. The van der Waals surface area contributed by atoms with E-state index >= 15 is 0 Å². The highest BCUT2D eigenvalue weighted by molar-refractivity contribution is 7.15. The second-order valence-electron chi connectivity index (χ2n) is 2.58. The van der Waals surface area contributed by atoms with Crippen LogP contribution in [0.4, 0.5) is 0 Å². The zero-order valence-corrected chi connectivity index (χ0v) is 7.15. The summed E-state index contributed by atoms with van der Waals surface area (Å²) >= 11 is 1.44. The summed E-state index contributed by atoms with van der Waals surface area (Å²) in [6, 6.07) is 1.85. The van der Waals surface area contributed by atoms with Crippen LogP contribution in [-0.4, -0.2) is 5.91 Å². The first kappa shape index (κ1) is 7.36. The van der Waals surface area contributed by atoms with E-state index in [4.69, 9.17) is 5.73 Å². The summed E-state index contributed by atoms with van der Waals surface area (Å²) in [4.78, 5) is 12.6. The maximum atomic E-state index is 10.8. The summed E-state index contributed by atoms with van der Waals surface area (Å²) in [6.45, 7) is 0.787. The second-order valence-corrected chi connectivity index (χ2v) is 3.66. The summed E-state index contributed by atoms with van der Waals surface area (Å²) in [5.41, 5.74) is 6.30. The van der Waals surface area contributed by atoms with Crippen molar-refractivity contribution >= 4 is 23.3 Å². The van der Waals surface area contributed by atoms with Gasteiger partial charge >= 0.3 is 0 Å². The Morgan fingerprint density at radius 3 is 3.17 bits per heavy atom. The minimum atomic E-state index is -0.345. The fraction of sp³-hybridized carbons (Fsp3) is 0.125. The van der Waals surface area contributed by atoms with Crippen molar-refractivity contribution in [1.82, 2.24) is 5.32 Å². The van der Waals surface area contributed by atoms with Gasteiger partial charge in [0.25, 0.3) is 5.91 Å². The lowest BCUT2D eigenvalue weighted by molar-refractivity contribution is 0.100. The van der Waals surface area contributed by atoms with Gasteiger partial charge in [-0.1, -0.05) is 0 Å². The molecular weight excluding hydrogens is 172 g/mol. The van der Waals surface area contributed by atoms with E-state index in [1.165, 1.54) is 11.3 Å². The third kappa shape index (κ3) is 1.10. The summed E-state index contributed by atoms with van der Waals surface area (Å²) in [5.74, 6) is -0.345. The van der Waals surface area contributed by atoms with Crippen molar-refractivity contribution in [2.75, 3.05) is 0 Å². The molecule has 1 aromatic rings. The average Bonchev–Trinajstić information content (AvgIpc) is 2.46. The summed E-state index contributed by atoms with van der Waals surface area (Å²) in [7, 11) is 0. The molecule has 0 bridgehead atoms. The molecule has 1 aliphatic heterocycles. The Balaban J connectivity index is 2.46. The molecule has 0 aromatic carbocycles. The van der Waals surface area contributed by atoms with Gasteiger partial charge in [0, 0.05) is 11.4 Å². The van der Waals surface area contributed by atoms with E-state index in [0.717, 1.165) is 17.0 Å². The number of thiophene rings is 1. The van der Waals surface area contributed by atoms with Crippen LogP contribution in [0.25, 0.3) is 6.08 Å². The van der Waals surface area contributed by atoms with Gasteiger partial charge < -0.3 is 11.1 Å². The molecule has 1 aliphatic rings. The number of hydrogen-bond acceptors (Lipinski definition) is 3. The van der Waals surface area contributed by atoms with Crippen molar-refractivity contribution in [2.45, 2.75) is 6.54 Å². The number of rotatable bonds is 1. The number of primary amides is 1. The first-order chi connectivity index (χ1) is 5.77. The molecule has 4 heteroatoms. The number of amides is 1. The fourth-order valence-electron chi connectivity index (χ4n) is 1.15. The molecule has 12 heavy (non-hydrogen) atoms. The number of nitrogens with one attached hydrogen (secondary N) is 1. The highest BCUT2D eigenvalue weighted by Gasteiger charge is 2.11. The van der Waals surface area contributed by atoms with Crippen LogP contribution in [-0.2, 0) is 6.54 Å². The van der Waals surface area contributed by atoms with E-state index in [0.29, 0.717) is 4.88 Å². The van der Waals surface area contributed by atoms with Crippen molar-refractivity contribution in [3.8, 4) is 0 Å². The molecule has 0 spiro atoms. The Morgan fingerprint density at radius 1 is 1.67 bits per heavy atom. The Bertz CT molecular complexity index is 354. The monoisotopic (exact) mass is 180 g/mol. The SMILES string of the molecule is NC(=O)c1cc2c(s1)C=CNC2. The van der Waals surface area contributed by atoms with Gasteiger partial charge in [-0.15, -0.1) is 11.3 Å². The standard InChI is InChI=1S/C8H8N2OS/c9-8(11)7-3-5-4-10-2-1-6(5)12-7/h1-3,10H,4H2,(H2,9,11). The first-order valence-corrected chi connectivity index (χ1v) is 4.41. The Hall–Kier alpha value is -1.29. The molecule has 3 nitrogen and oxygen atoms in total. The van der Waals surface area contributed by atoms with E-state index in [1.807, 2.05) is 18.3 Å². The minimum Gasteiger partial charge on any atom is -0.387 e. The maximum Gasteiger partial charge on any atom is 0.258 e. The van der Waals surface area contributed by atoms with Crippen LogP contribution in [0.15, 0.2) is 12.3 Å². The number of carbonyl (C=O) groups excluding carboxylic acids is 1. The summed E-state index contributed by atoms with van der Waals surface area (Å²) in [6.07, 6.45) is 3.83. The summed E-state index contributed by atoms with van der Waals surface area (Å²) < 4.78 is 0. The van der Waals surface area contributed by atoms with Gasteiger partial charge in [-0.3, -0.25) is 4.79 Å². The van der Waals surface area contributed by atoms with Crippen LogP contribution < -0.4 is 11.1 Å². The topological polar surface area (TPSA) is 55.1 Å². The lowest BCUT2D eigenvalue weighted by atomic mass is 10.2. The minimum absolute atomic E-state index is 0.345. The largest absolute Gasteiger partial charge is 0.387 e. The zero-order chi connectivity index (χ0) is 8.55. The maximum absolute atomic E-state index is 10.8. The Kier molecular flexibility index (Phi) is 1.62. The Morgan fingerprint density at radius 2 is 2.50 bits per heavy atom. The normalized spacial score (nSPS) is 13.7. The van der Waals surface area contributed by atoms with E-state index in [-0.39, 0.29) is 5.91 Å².